The quantitative estimate of drug-likeness (QED) is 0.573. The Balaban J connectivity index is 2.01. The lowest BCUT2D eigenvalue weighted by Crippen LogP contribution is -2.23. The van der Waals surface area contributed by atoms with Gasteiger partial charge in [0.15, 0.2) is 0 Å². The fourth-order valence-corrected chi connectivity index (χ4v) is 1.16. The van der Waals surface area contributed by atoms with E-state index < -0.39 is 0 Å². The molecule has 1 nitrogen and oxygen atoms in total. The van der Waals surface area contributed by atoms with Gasteiger partial charge < -0.3 is 5.73 Å². The smallest absolute Gasteiger partial charge is 0.00420 e. The molecular weight excluding hydrogens is 98.1 g/mol. The zero-order valence-corrected chi connectivity index (χ0v) is 5.27. The topological polar surface area (TPSA) is 26.0 Å². The van der Waals surface area contributed by atoms with E-state index >= 15 is 0 Å². The number of hydrogen-bond donors (Lipinski definition) is 1. The highest BCUT2D eigenvalue weighted by atomic mass is 14.6. The van der Waals surface area contributed by atoms with Gasteiger partial charge in [-0.2, -0.15) is 0 Å². The molecule has 8 heavy (non-hydrogen) atoms. The SMILES string of the molecule is [CH2]C(N)CC1CCC1. The van der Waals surface area contributed by atoms with E-state index in [1.165, 1.54) is 19.3 Å². The summed E-state index contributed by atoms with van der Waals surface area (Å²) < 4.78 is 0. The van der Waals surface area contributed by atoms with Crippen LogP contribution in [-0.4, -0.2) is 6.04 Å². The van der Waals surface area contributed by atoms with Gasteiger partial charge in [0.05, 0.1) is 0 Å². The summed E-state index contributed by atoms with van der Waals surface area (Å²) in [7, 11) is 0. The number of nitrogens with two attached hydrogens (primary N) is 1. The van der Waals surface area contributed by atoms with Crippen molar-refractivity contribution in [3.8, 4) is 0 Å². The molecule has 0 aliphatic heterocycles. The van der Waals surface area contributed by atoms with Crippen LogP contribution in [0.25, 0.3) is 0 Å². The summed E-state index contributed by atoms with van der Waals surface area (Å²) >= 11 is 0. The third-order valence-corrected chi connectivity index (χ3v) is 1.86. The first-order chi connectivity index (χ1) is 3.79. The van der Waals surface area contributed by atoms with Gasteiger partial charge in [-0.25, -0.2) is 0 Å². The fraction of sp³-hybridized carbons (Fsp3) is 0.857. The minimum atomic E-state index is 0.181. The largest absolute Gasteiger partial charge is 0.328 e. The molecule has 1 radical (unpaired) electrons. The molecule has 1 atom stereocenters. The van der Waals surface area contributed by atoms with Gasteiger partial charge in [-0.15, -0.1) is 0 Å². The van der Waals surface area contributed by atoms with Crippen LogP contribution < -0.4 is 5.73 Å². The van der Waals surface area contributed by atoms with Crippen molar-refractivity contribution in [1.82, 2.24) is 0 Å². The van der Waals surface area contributed by atoms with Gasteiger partial charge in [-0.05, 0) is 19.3 Å². The highest BCUT2D eigenvalue weighted by Crippen LogP contribution is 2.29. The summed E-state index contributed by atoms with van der Waals surface area (Å²) in [6.45, 7) is 3.74. The van der Waals surface area contributed by atoms with E-state index in [1.54, 1.807) is 0 Å². The Kier molecular flexibility index (Phi) is 1.90. The second-order valence-corrected chi connectivity index (χ2v) is 2.79. The van der Waals surface area contributed by atoms with Crippen molar-refractivity contribution in [2.24, 2.45) is 11.7 Å². The molecule has 0 bridgehead atoms. The lowest BCUT2D eigenvalue weighted by atomic mass is 9.81. The third kappa shape index (κ3) is 1.48. The van der Waals surface area contributed by atoms with Crippen molar-refractivity contribution in [3.05, 3.63) is 6.92 Å². The van der Waals surface area contributed by atoms with E-state index in [2.05, 4.69) is 6.92 Å². The molecule has 1 heteroatoms. The van der Waals surface area contributed by atoms with E-state index in [4.69, 9.17) is 5.73 Å². The molecule has 0 amide bonds. The molecule has 1 saturated carbocycles. The molecule has 0 aromatic rings. The average Bonchev–Trinajstić information content (AvgIpc) is 1.55. The molecule has 0 aromatic heterocycles. The van der Waals surface area contributed by atoms with Crippen molar-refractivity contribution in [1.29, 1.82) is 0 Å². The Hall–Kier alpha value is -0.0400. The zero-order chi connectivity index (χ0) is 5.98. The van der Waals surface area contributed by atoms with Gasteiger partial charge in [0.25, 0.3) is 0 Å². The Morgan fingerprint density at radius 3 is 2.38 bits per heavy atom. The second-order valence-electron chi connectivity index (χ2n) is 2.79. The highest BCUT2D eigenvalue weighted by molar-refractivity contribution is 4.75. The lowest BCUT2D eigenvalue weighted by Gasteiger charge is -2.26. The monoisotopic (exact) mass is 112 g/mol. The predicted molar refractivity (Wildman–Crippen MR) is 35.3 cm³/mol. The van der Waals surface area contributed by atoms with Gasteiger partial charge in [-0.1, -0.05) is 19.3 Å². The molecule has 1 rings (SSSR count). The van der Waals surface area contributed by atoms with Gasteiger partial charge in [0.1, 0.15) is 0 Å². The Bertz CT molecular complexity index is 64.8. The first kappa shape index (κ1) is 6.09. The zero-order valence-electron chi connectivity index (χ0n) is 5.27. The van der Waals surface area contributed by atoms with E-state index in [0.29, 0.717) is 0 Å². The molecule has 1 unspecified atom stereocenters. The van der Waals surface area contributed by atoms with Crippen LogP contribution in [0, 0.1) is 12.8 Å². The first-order valence-corrected chi connectivity index (χ1v) is 3.37. The fourth-order valence-electron chi connectivity index (χ4n) is 1.16. The number of hydrogen-bond acceptors (Lipinski definition) is 1. The normalized spacial score (nSPS) is 24.8. The summed E-state index contributed by atoms with van der Waals surface area (Å²) in [6, 6.07) is 0.181. The third-order valence-electron chi connectivity index (χ3n) is 1.86. The molecule has 47 valence electrons. The summed E-state index contributed by atoms with van der Waals surface area (Å²) in [5.74, 6) is 0.919. The summed E-state index contributed by atoms with van der Waals surface area (Å²) in [5, 5.41) is 0. The molecule has 1 aliphatic carbocycles. The van der Waals surface area contributed by atoms with Gasteiger partial charge >= 0.3 is 0 Å². The molecular formula is C7H14N. The maximum atomic E-state index is 5.49. The van der Waals surface area contributed by atoms with Crippen molar-refractivity contribution in [3.63, 3.8) is 0 Å². The van der Waals surface area contributed by atoms with Gasteiger partial charge in [0, 0.05) is 6.04 Å². The van der Waals surface area contributed by atoms with Crippen LogP contribution in [-0.2, 0) is 0 Å². The summed E-state index contributed by atoms with van der Waals surface area (Å²) in [4.78, 5) is 0. The molecule has 1 aliphatic rings. The van der Waals surface area contributed by atoms with Crippen molar-refractivity contribution in [2.45, 2.75) is 31.7 Å². The van der Waals surface area contributed by atoms with Crippen LogP contribution in [0.1, 0.15) is 25.7 Å². The second kappa shape index (κ2) is 2.49. The van der Waals surface area contributed by atoms with Crippen molar-refractivity contribution in [2.75, 3.05) is 0 Å². The average molecular weight is 112 g/mol. The van der Waals surface area contributed by atoms with Crippen LogP contribution in [0.15, 0.2) is 0 Å². The van der Waals surface area contributed by atoms with E-state index in [9.17, 15) is 0 Å². The van der Waals surface area contributed by atoms with Crippen LogP contribution in [0.2, 0.25) is 0 Å². The Labute approximate surface area is 51.3 Å². The Morgan fingerprint density at radius 2 is 2.25 bits per heavy atom. The number of rotatable bonds is 2. The van der Waals surface area contributed by atoms with E-state index in [0.717, 1.165) is 12.3 Å². The van der Waals surface area contributed by atoms with E-state index in [-0.39, 0.29) is 6.04 Å². The van der Waals surface area contributed by atoms with Gasteiger partial charge in [-0.3, -0.25) is 0 Å². The predicted octanol–water partition coefficient (Wildman–Crippen LogP) is 1.34. The van der Waals surface area contributed by atoms with Crippen LogP contribution >= 0.6 is 0 Å². The van der Waals surface area contributed by atoms with Gasteiger partial charge in [0.2, 0.25) is 0 Å². The molecule has 0 spiro atoms. The molecule has 1 fully saturated rings. The summed E-state index contributed by atoms with van der Waals surface area (Å²) in [6.07, 6.45) is 5.34. The van der Waals surface area contributed by atoms with E-state index in [1.807, 2.05) is 0 Å². The molecule has 0 heterocycles. The minimum absolute atomic E-state index is 0.181. The molecule has 0 aromatic carbocycles. The van der Waals surface area contributed by atoms with Crippen molar-refractivity contribution >= 4 is 0 Å². The lowest BCUT2D eigenvalue weighted by molar-refractivity contribution is 0.287. The Morgan fingerprint density at radius 1 is 1.62 bits per heavy atom. The maximum absolute atomic E-state index is 5.49. The maximum Gasteiger partial charge on any atom is 0.00420 e. The van der Waals surface area contributed by atoms with Crippen LogP contribution in [0.4, 0.5) is 0 Å². The standard InChI is InChI=1S/C7H14N/c1-6(8)5-7-3-2-4-7/h6-7H,1-5,8H2. The molecule has 0 saturated heterocycles. The highest BCUT2D eigenvalue weighted by Gasteiger charge is 2.17. The van der Waals surface area contributed by atoms with Crippen LogP contribution in [0.3, 0.4) is 0 Å². The first-order valence-electron chi connectivity index (χ1n) is 3.37. The minimum Gasteiger partial charge on any atom is -0.328 e. The van der Waals surface area contributed by atoms with Crippen molar-refractivity contribution < 1.29 is 0 Å². The van der Waals surface area contributed by atoms with Crippen LogP contribution in [0.5, 0.6) is 0 Å². The summed E-state index contributed by atoms with van der Waals surface area (Å²) in [5.41, 5.74) is 5.49. The molecule has 2 N–H and O–H groups in total.